The first kappa shape index (κ1) is 11.0. The van der Waals surface area contributed by atoms with Crippen LogP contribution in [-0.2, 0) is 0 Å². The zero-order valence-corrected chi connectivity index (χ0v) is 9.18. The molecule has 1 fully saturated rings. The summed E-state index contributed by atoms with van der Waals surface area (Å²) >= 11 is 0. The molecule has 0 radical (unpaired) electrons. The monoisotopic (exact) mass is 184 g/mol. The third kappa shape index (κ3) is 4.63. The van der Waals surface area contributed by atoms with Crippen LogP contribution >= 0.6 is 0 Å². The molecule has 2 nitrogen and oxygen atoms in total. The van der Waals surface area contributed by atoms with Crippen LogP contribution in [0.5, 0.6) is 0 Å². The Morgan fingerprint density at radius 1 is 1.15 bits per heavy atom. The molecule has 0 aromatic carbocycles. The molecular weight excluding hydrogens is 160 g/mol. The lowest BCUT2D eigenvalue weighted by Gasteiger charge is -2.21. The van der Waals surface area contributed by atoms with Gasteiger partial charge in [0.05, 0.1) is 0 Å². The molecule has 1 aliphatic heterocycles. The minimum Gasteiger partial charge on any atom is -0.317 e. The molecule has 1 rings (SSSR count). The molecule has 0 bridgehead atoms. The molecule has 1 atom stereocenters. The third-order valence-electron chi connectivity index (χ3n) is 3.07. The fourth-order valence-corrected chi connectivity index (χ4v) is 1.88. The minimum atomic E-state index is 0.670. The summed E-state index contributed by atoms with van der Waals surface area (Å²) in [5.74, 6) is 0. The molecule has 1 unspecified atom stereocenters. The van der Waals surface area contributed by atoms with Gasteiger partial charge >= 0.3 is 0 Å². The molecule has 1 saturated heterocycles. The number of likely N-dealkylation sites (tertiary alicyclic amines) is 1. The minimum absolute atomic E-state index is 0.670. The smallest absolute Gasteiger partial charge is 0.00479 e. The van der Waals surface area contributed by atoms with Crippen molar-refractivity contribution in [2.45, 2.75) is 45.1 Å². The Hall–Kier alpha value is -0.0800. The molecule has 0 aromatic rings. The van der Waals surface area contributed by atoms with Crippen molar-refractivity contribution < 1.29 is 0 Å². The Morgan fingerprint density at radius 2 is 1.77 bits per heavy atom. The van der Waals surface area contributed by atoms with Crippen molar-refractivity contribution in [3.63, 3.8) is 0 Å². The van der Waals surface area contributed by atoms with Crippen LogP contribution in [0.3, 0.4) is 0 Å². The van der Waals surface area contributed by atoms with Crippen molar-refractivity contribution in [1.29, 1.82) is 0 Å². The van der Waals surface area contributed by atoms with Gasteiger partial charge in [0.15, 0.2) is 0 Å². The average Bonchev–Trinajstić information content (AvgIpc) is 2.42. The Morgan fingerprint density at radius 3 is 2.31 bits per heavy atom. The van der Waals surface area contributed by atoms with E-state index in [4.69, 9.17) is 0 Å². The first-order chi connectivity index (χ1) is 6.33. The zero-order valence-electron chi connectivity index (χ0n) is 9.18. The maximum Gasteiger partial charge on any atom is 0.00479 e. The van der Waals surface area contributed by atoms with Crippen molar-refractivity contribution in [3.05, 3.63) is 0 Å². The quantitative estimate of drug-likeness (QED) is 0.717. The van der Waals surface area contributed by atoms with E-state index in [1.807, 2.05) is 7.05 Å². The molecule has 78 valence electrons. The molecular formula is C11H24N2. The van der Waals surface area contributed by atoms with E-state index in [0.29, 0.717) is 6.04 Å². The summed E-state index contributed by atoms with van der Waals surface area (Å²) in [4.78, 5) is 2.63. The first-order valence-electron chi connectivity index (χ1n) is 5.72. The van der Waals surface area contributed by atoms with Crippen LogP contribution in [0.15, 0.2) is 0 Å². The molecule has 2 heteroatoms. The van der Waals surface area contributed by atoms with E-state index in [2.05, 4.69) is 17.1 Å². The van der Waals surface area contributed by atoms with Crippen LogP contribution in [0, 0.1) is 0 Å². The molecule has 0 amide bonds. The van der Waals surface area contributed by atoms with E-state index < -0.39 is 0 Å². The number of hydrogen-bond donors (Lipinski definition) is 1. The number of rotatable bonds is 4. The van der Waals surface area contributed by atoms with E-state index in [-0.39, 0.29) is 0 Å². The molecule has 0 aliphatic carbocycles. The topological polar surface area (TPSA) is 15.3 Å². The second kappa shape index (κ2) is 6.39. The van der Waals surface area contributed by atoms with Crippen LogP contribution in [0.4, 0.5) is 0 Å². The fraction of sp³-hybridized carbons (Fsp3) is 1.00. The number of nitrogens with zero attached hydrogens (tertiary/aromatic N) is 1. The van der Waals surface area contributed by atoms with E-state index in [1.54, 1.807) is 0 Å². The Balaban J connectivity index is 2.11. The third-order valence-corrected chi connectivity index (χ3v) is 3.07. The fourth-order valence-electron chi connectivity index (χ4n) is 1.88. The second-order valence-corrected chi connectivity index (χ2v) is 4.23. The van der Waals surface area contributed by atoms with Gasteiger partial charge in [-0.25, -0.2) is 0 Å². The molecule has 1 N–H and O–H groups in total. The van der Waals surface area contributed by atoms with Gasteiger partial charge < -0.3 is 10.2 Å². The van der Waals surface area contributed by atoms with Gasteiger partial charge in [-0.2, -0.15) is 0 Å². The predicted molar refractivity (Wildman–Crippen MR) is 58.0 cm³/mol. The summed E-state index contributed by atoms with van der Waals surface area (Å²) in [7, 11) is 2.05. The Bertz CT molecular complexity index is 117. The first-order valence-corrected chi connectivity index (χ1v) is 5.72. The average molecular weight is 184 g/mol. The maximum atomic E-state index is 3.29. The van der Waals surface area contributed by atoms with Crippen molar-refractivity contribution in [2.75, 3.05) is 26.7 Å². The van der Waals surface area contributed by atoms with E-state index in [1.165, 1.54) is 51.7 Å². The summed E-state index contributed by atoms with van der Waals surface area (Å²) in [5.41, 5.74) is 0. The summed E-state index contributed by atoms with van der Waals surface area (Å²) < 4.78 is 0. The summed E-state index contributed by atoms with van der Waals surface area (Å²) in [6, 6.07) is 0.670. The lowest BCUT2D eigenvalue weighted by molar-refractivity contribution is 0.270. The highest BCUT2D eigenvalue weighted by Crippen LogP contribution is 2.10. The Labute approximate surface area is 82.7 Å². The zero-order chi connectivity index (χ0) is 9.52. The molecule has 0 spiro atoms. The number of nitrogens with one attached hydrogen (secondary N) is 1. The van der Waals surface area contributed by atoms with E-state index in [0.717, 1.165) is 0 Å². The van der Waals surface area contributed by atoms with E-state index >= 15 is 0 Å². The summed E-state index contributed by atoms with van der Waals surface area (Å²) in [6.45, 7) is 6.20. The lowest BCUT2D eigenvalue weighted by atomic mass is 10.2. The molecule has 0 saturated carbocycles. The van der Waals surface area contributed by atoms with Gasteiger partial charge in [0.25, 0.3) is 0 Å². The molecule has 0 aromatic heterocycles. The lowest BCUT2D eigenvalue weighted by Crippen LogP contribution is -2.31. The van der Waals surface area contributed by atoms with Gasteiger partial charge in [-0.15, -0.1) is 0 Å². The second-order valence-electron chi connectivity index (χ2n) is 4.23. The molecule has 1 heterocycles. The SMILES string of the molecule is CNC(C)CCN1CCCCCC1. The maximum absolute atomic E-state index is 3.29. The van der Waals surface area contributed by atoms with Crippen LogP contribution in [0.1, 0.15) is 39.0 Å². The van der Waals surface area contributed by atoms with Crippen molar-refractivity contribution >= 4 is 0 Å². The summed E-state index contributed by atoms with van der Waals surface area (Å²) in [6.07, 6.45) is 6.99. The van der Waals surface area contributed by atoms with Crippen molar-refractivity contribution in [2.24, 2.45) is 0 Å². The predicted octanol–water partition coefficient (Wildman–Crippen LogP) is 1.86. The number of hydrogen-bond acceptors (Lipinski definition) is 2. The Kier molecular flexibility index (Phi) is 5.40. The highest BCUT2D eigenvalue weighted by molar-refractivity contribution is 4.66. The van der Waals surface area contributed by atoms with Crippen molar-refractivity contribution in [3.8, 4) is 0 Å². The largest absolute Gasteiger partial charge is 0.317 e. The highest BCUT2D eigenvalue weighted by atomic mass is 15.1. The van der Waals surface area contributed by atoms with Gasteiger partial charge in [-0.05, 0) is 52.9 Å². The van der Waals surface area contributed by atoms with Crippen LogP contribution in [0.25, 0.3) is 0 Å². The summed E-state index contributed by atoms with van der Waals surface area (Å²) in [5, 5.41) is 3.29. The molecule has 1 aliphatic rings. The van der Waals surface area contributed by atoms with E-state index in [9.17, 15) is 0 Å². The van der Waals surface area contributed by atoms with Gasteiger partial charge in [0.2, 0.25) is 0 Å². The van der Waals surface area contributed by atoms with Crippen LogP contribution in [0.2, 0.25) is 0 Å². The van der Waals surface area contributed by atoms with Crippen LogP contribution < -0.4 is 5.32 Å². The standard InChI is InChI=1S/C11H24N2/c1-11(12-2)7-10-13-8-5-3-4-6-9-13/h11-12H,3-10H2,1-2H3. The van der Waals surface area contributed by atoms with Crippen LogP contribution in [-0.4, -0.2) is 37.6 Å². The molecule has 13 heavy (non-hydrogen) atoms. The van der Waals surface area contributed by atoms with Gasteiger partial charge in [0, 0.05) is 6.04 Å². The van der Waals surface area contributed by atoms with Gasteiger partial charge in [0.1, 0.15) is 0 Å². The normalized spacial score (nSPS) is 22.6. The van der Waals surface area contributed by atoms with Crippen molar-refractivity contribution in [1.82, 2.24) is 10.2 Å². The van der Waals surface area contributed by atoms with Gasteiger partial charge in [-0.3, -0.25) is 0 Å². The highest BCUT2D eigenvalue weighted by Gasteiger charge is 2.09. The van der Waals surface area contributed by atoms with Gasteiger partial charge in [-0.1, -0.05) is 12.8 Å².